The van der Waals surface area contributed by atoms with E-state index in [9.17, 15) is 19.8 Å². The van der Waals surface area contributed by atoms with Crippen LogP contribution >= 0.6 is 0 Å². The minimum atomic E-state index is -0.842. The van der Waals surface area contributed by atoms with Gasteiger partial charge in [0.25, 0.3) is 0 Å². The van der Waals surface area contributed by atoms with Crippen LogP contribution in [0.25, 0.3) is 0 Å². The third-order valence-corrected chi connectivity index (χ3v) is 12.6. The Morgan fingerprint density at radius 1 is 0.450 bits per heavy atom. The SMILES string of the molecule is CCCCCCCCC/C=C/C(O)C(CO)NC(=O)CCCCCCCCCCCCCCCCCCCCCCOC(=O)CCCCCCCCCCCCCCCC. The van der Waals surface area contributed by atoms with Crippen LogP contribution in [0, 0.1) is 0 Å². The van der Waals surface area contributed by atoms with E-state index in [4.69, 9.17) is 4.74 Å². The normalized spacial score (nSPS) is 12.7. The number of unbranched alkanes of at least 4 members (excludes halogenated alkanes) is 39. The molecule has 0 spiro atoms. The summed E-state index contributed by atoms with van der Waals surface area (Å²) in [7, 11) is 0. The van der Waals surface area contributed by atoms with Gasteiger partial charge in [-0.3, -0.25) is 9.59 Å². The molecule has 0 rings (SSSR count). The van der Waals surface area contributed by atoms with Gasteiger partial charge in [0.05, 0.1) is 25.4 Å². The van der Waals surface area contributed by atoms with Crippen LogP contribution < -0.4 is 5.32 Å². The van der Waals surface area contributed by atoms with E-state index in [-0.39, 0.29) is 18.5 Å². The number of aliphatic hydroxyl groups excluding tert-OH is 2. The van der Waals surface area contributed by atoms with Gasteiger partial charge in [0.15, 0.2) is 0 Å². The molecule has 0 bridgehead atoms. The maximum Gasteiger partial charge on any atom is 0.305 e. The Morgan fingerprint density at radius 3 is 1.13 bits per heavy atom. The number of carbonyl (C=O) groups excluding carboxylic acids is 2. The van der Waals surface area contributed by atoms with Crippen molar-refractivity contribution >= 4 is 11.9 Å². The van der Waals surface area contributed by atoms with Gasteiger partial charge >= 0.3 is 5.97 Å². The Bertz CT molecular complexity index is 893. The summed E-state index contributed by atoms with van der Waals surface area (Å²) in [5.41, 5.74) is 0. The maximum absolute atomic E-state index is 12.4. The Kier molecular flexibility index (Phi) is 49.1. The molecular formula is C54H105NO5. The van der Waals surface area contributed by atoms with Crippen LogP contribution in [-0.2, 0) is 14.3 Å². The van der Waals surface area contributed by atoms with Crippen LogP contribution in [0.3, 0.4) is 0 Å². The number of amides is 1. The fourth-order valence-corrected chi connectivity index (χ4v) is 8.40. The highest BCUT2D eigenvalue weighted by Crippen LogP contribution is 2.17. The number of allylic oxidation sites excluding steroid dienone is 1. The molecule has 0 radical (unpaired) electrons. The molecule has 0 aromatic rings. The third kappa shape index (κ3) is 46.1. The molecule has 6 heteroatoms. The summed E-state index contributed by atoms with van der Waals surface area (Å²) in [5, 5.41) is 22.9. The van der Waals surface area contributed by atoms with E-state index in [2.05, 4.69) is 19.2 Å². The second-order valence-electron chi connectivity index (χ2n) is 18.6. The van der Waals surface area contributed by atoms with Crippen molar-refractivity contribution in [3.63, 3.8) is 0 Å². The van der Waals surface area contributed by atoms with E-state index < -0.39 is 12.1 Å². The van der Waals surface area contributed by atoms with E-state index in [0.29, 0.717) is 19.4 Å². The van der Waals surface area contributed by atoms with Gasteiger partial charge in [-0.05, 0) is 32.1 Å². The van der Waals surface area contributed by atoms with Crippen LogP contribution in [0.4, 0.5) is 0 Å². The lowest BCUT2D eigenvalue weighted by Crippen LogP contribution is -2.45. The first-order chi connectivity index (χ1) is 29.5. The van der Waals surface area contributed by atoms with Gasteiger partial charge in [0.1, 0.15) is 0 Å². The molecule has 0 heterocycles. The number of ether oxygens (including phenoxy) is 1. The molecule has 60 heavy (non-hydrogen) atoms. The zero-order valence-electron chi connectivity index (χ0n) is 40.5. The summed E-state index contributed by atoms with van der Waals surface area (Å²) < 4.78 is 5.48. The largest absolute Gasteiger partial charge is 0.466 e. The summed E-state index contributed by atoms with van der Waals surface area (Å²) in [5.74, 6) is -0.0597. The van der Waals surface area contributed by atoms with Crippen LogP contribution in [-0.4, -0.2) is 47.4 Å². The molecule has 356 valence electrons. The summed E-state index contributed by atoms with van der Waals surface area (Å²) in [6.45, 7) is 4.88. The Balaban J connectivity index is 3.36. The number of esters is 1. The van der Waals surface area contributed by atoms with Gasteiger partial charge in [-0.2, -0.15) is 0 Å². The highest BCUT2D eigenvalue weighted by atomic mass is 16.5. The minimum absolute atomic E-state index is 0.0121. The number of rotatable bonds is 50. The Morgan fingerprint density at radius 2 is 0.767 bits per heavy atom. The van der Waals surface area contributed by atoms with E-state index in [1.165, 1.54) is 231 Å². The van der Waals surface area contributed by atoms with Crippen molar-refractivity contribution in [2.75, 3.05) is 13.2 Å². The molecule has 2 atom stereocenters. The molecule has 0 fully saturated rings. The van der Waals surface area contributed by atoms with Crippen molar-refractivity contribution in [1.82, 2.24) is 5.32 Å². The van der Waals surface area contributed by atoms with Gasteiger partial charge in [-0.1, -0.05) is 264 Å². The van der Waals surface area contributed by atoms with Crippen molar-refractivity contribution in [3.05, 3.63) is 12.2 Å². The number of nitrogens with one attached hydrogen (secondary N) is 1. The highest BCUT2D eigenvalue weighted by Gasteiger charge is 2.18. The van der Waals surface area contributed by atoms with E-state index in [0.717, 1.165) is 38.5 Å². The Labute approximate surface area is 374 Å². The predicted octanol–water partition coefficient (Wildman–Crippen LogP) is 16.1. The predicted molar refractivity (Wildman–Crippen MR) is 260 cm³/mol. The number of hydrogen-bond donors (Lipinski definition) is 3. The van der Waals surface area contributed by atoms with Crippen LogP contribution in [0.15, 0.2) is 12.2 Å². The van der Waals surface area contributed by atoms with E-state index >= 15 is 0 Å². The lowest BCUT2D eigenvalue weighted by molar-refractivity contribution is -0.143. The first kappa shape index (κ1) is 58.6. The van der Waals surface area contributed by atoms with Crippen LogP contribution in [0.2, 0.25) is 0 Å². The first-order valence-electron chi connectivity index (χ1n) is 27.0. The number of hydrogen-bond acceptors (Lipinski definition) is 5. The van der Waals surface area contributed by atoms with Gasteiger partial charge in [0, 0.05) is 12.8 Å². The zero-order chi connectivity index (χ0) is 43.7. The average Bonchev–Trinajstić information content (AvgIpc) is 3.25. The van der Waals surface area contributed by atoms with Gasteiger partial charge < -0.3 is 20.3 Å². The molecule has 0 aliphatic rings. The lowest BCUT2D eigenvalue weighted by atomic mass is 10.0. The second kappa shape index (κ2) is 50.2. The Hall–Kier alpha value is -1.40. The van der Waals surface area contributed by atoms with Crippen molar-refractivity contribution in [2.24, 2.45) is 0 Å². The van der Waals surface area contributed by atoms with Crippen molar-refractivity contribution in [3.8, 4) is 0 Å². The summed E-state index contributed by atoms with van der Waals surface area (Å²) in [6, 6.07) is -0.626. The smallest absolute Gasteiger partial charge is 0.305 e. The van der Waals surface area contributed by atoms with Gasteiger partial charge in [-0.25, -0.2) is 0 Å². The molecule has 3 N–H and O–H groups in total. The van der Waals surface area contributed by atoms with Gasteiger partial charge in [0.2, 0.25) is 5.91 Å². The van der Waals surface area contributed by atoms with Crippen molar-refractivity contribution < 1.29 is 24.5 Å². The molecule has 0 saturated carbocycles. The molecule has 0 aliphatic carbocycles. The standard InChI is InChI=1S/C54H105NO5/c1-3-5-7-9-11-13-14-15-25-28-32-36-40-44-48-54(59)60-49-45-41-37-33-29-26-23-21-19-17-16-18-20-22-24-27-31-35-39-43-47-53(58)55-51(50-56)52(57)46-42-38-34-30-12-10-8-6-4-2/h42,46,51-52,56-57H,3-41,43-45,47-50H2,1-2H3,(H,55,58)/b46-42+. The summed E-state index contributed by atoms with van der Waals surface area (Å²) in [4.78, 5) is 24.4. The molecular weight excluding hydrogens is 743 g/mol. The molecule has 0 saturated heterocycles. The molecule has 2 unspecified atom stereocenters. The van der Waals surface area contributed by atoms with Crippen molar-refractivity contribution in [1.29, 1.82) is 0 Å². The lowest BCUT2D eigenvalue weighted by Gasteiger charge is -2.20. The summed E-state index contributed by atoms with van der Waals surface area (Å²) in [6.07, 6.45) is 58.0. The topological polar surface area (TPSA) is 95.9 Å². The van der Waals surface area contributed by atoms with Crippen molar-refractivity contribution in [2.45, 2.75) is 309 Å². The van der Waals surface area contributed by atoms with Gasteiger partial charge in [-0.15, -0.1) is 0 Å². The minimum Gasteiger partial charge on any atom is -0.466 e. The monoisotopic (exact) mass is 848 g/mol. The van der Waals surface area contributed by atoms with E-state index in [1.54, 1.807) is 6.08 Å². The molecule has 1 amide bonds. The van der Waals surface area contributed by atoms with Crippen LogP contribution in [0.5, 0.6) is 0 Å². The second-order valence-corrected chi connectivity index (χ2v) is 18.6. The molecule has 6 nitrogen and oxygen atoms in total. The fraction of sp³-hybridized carbons (Fsp3) is 0.926. The maximum atomic E-state index is 12.4. The number of aliphatic hydroxyl groups is 2. The zero-order valence-corrected chi connectivity index (χ0v) is 40.5. The molecule has 0 aromatic carbocycles. The van der Waals surface area contributed by atoms with Crippen LogP contribution in [0.1, 0.15) is 296 Å². The van der Waals surface area contributed by atoms with E-state index in [1.807, 2.05) is 6.08 Å². The summed E-state index contributed by atoms with van der Waals surface area (Å²) >= 11 is 0. The number of carbonyl (C=O) groups is 2. The first-order valence-corrected chi connectivity index (χ1v) is 27.0. The quantitative estimate of drug-likeness (QED) is 0.0322. The molecule has 0 aromatic heterocycles. The average molecular weight is 848 g/mol. The highest BCUT2D eigenvalue weighted by molar-refractivity contribution is 5.76. The third-order valence-electron chi connectivity index (χ3n) is 12.6. The molecule has 0 aliphatic heterocycles. The fourth-order valence-electron chi connectivity index (χ4n) is 8.40.